The second kappa shape index (κ2) is 6.49. The zero-order valence-corrected chi connectivity index (χ0v) is 13.0. The molecule has 2 N–H and O–H groups in total. The van der Waals surface area contributed by atoms with Crippen LogP contribution in [0.1, 0.15) is 26.3 Å². The summed E-state index contributed by atoms with van der Waals surface area (Å²) >= 11 is 3.27. The number of primary amides is 1. The Hall–Kier alpha value is -2.21. The van der Waals surface area contributed by atoms with E-state index in [1.54, 1.807) is 54.5 Å². The molecule has 0 bridgehead atoms. The Labute approximate surface area is 130 Å². The molecule has 0 fully saturated rings. The highest BCUT2D eigenvalue weighted by molar-refractivity contribution is 9.10. The van der Waals surface area contributed by atoms with Gasteiger partial charge in [0, 0.05) is 25.4 Å². The molecule has 0 atom stereocenters. The number of nitrogens with two attached hydrogens (primary N) is 1. The lowest BCUT2D eigenvalue weighted by molar-refractivity contribution is 0.0783. The SMILES string of the molecule is CN(Cc1ccc(C(N)=O)cc1)C(=O)c1cccnc1Br. The first kappa shape index (κ1) is 15.2. The summed E-state index contributed by atoms with van der Waals surface area (Å²) in [7, 11) is 1.71. The van der Waals surface area contributed by atoms with Crippen LogP contribution in [0.2, 0.25) is 0 Å². The highest BCUT2D eigenvalue weighted by atomic mass is 79.9. The topological polar surface area (TPSA) is 76.3 Å². The van der Waals surface area contributed by atoms with Crippen molar-refractivity contribution in [3.8, 4) is 0 Å². The van der Waals surface area contributed by atoms with Gasteiger partial charge in [0.25, 0.3) is 5.91 Å². The summed E-state index contributed by atoms with van der Waals surface area (Å²) in [6, 6.07) is 10.3. The Kier molecular flexibility index (Phi) is 4.70. The lowest BCUT2D eigenvalue weighted by Gasteiger charge is -2.18. The number of carbonyl (C=O) groups is 2. The molecule has 1 heterocycles. The number of rotatable bonds is 4. The van der Waals surface area contributed by atoms with Gasteiger partial charge in [0.05, 0.1) is 5.56 Å². The maximum Gasteiger partial charge on any atom is 0.256 e. The normalized spacial score (nSPS) is 10.2. The number of carbonyl (C=O) groups excluding carboxylic acids is 2. The molecule has 0 saturated carbocycles. The number of amides is 2. The molecule has 0 aliphatic rings. The number of pyridine rings is 1. The van der Waals surface area contributed by atoms with Gasteiger partial charge in [-0.1, -0.05) is 12.1 Å². The minimum atomic E-state index is -0.467. The fourth-order valence-corrected chi connectivity index (χ4v) is 2.29. The van der Waals surface area contributed by atoms with E-state index in [-0.39, 0.29) is 5.91 Å². The van der Waals surface area contributed by atoms with Crippen LogP contribution in [0.15, 0.2) is 47.2 Å². The van der Waals surface area contributed by atoms with Gasteiger partial charge < -0.3 is 10.6 Å². The summed E-state index contributed by atoms with van der Waals surface area (Å²) in [5.74, 6) is -0.598. The molecular weight excluding hydrogens is 334 g/mol. The standard InChI is InChI=1S/C15H14BrN3O2/c1-19(15(21)12-3-2-8-18-13(12)16)9-10-4-6-11(7-5-10)14(17)20/h2-8H,9H2,1H3,(H2,17,20). The molecule has 108 valence electrons. The van der Waals surface area contributed by atoms with Gasteiger partial charge in [-0.2, -0.15) is 0 Å². The molecule has 0 saturated heterocycles. The monoisotopic (exact) mass is 347 g/mol. The van der Waals surface area contributed by atoms with Crippen molar-refractivity contribution in [1.82, 2.24) is 9.88 Å². The Bertz CT molecular complexity index is 671. The zero-order chi connectivity index (χ0) is 15.4. The molecule has 1 aromatic carbocycles. The minimum absolute atomic E-state index is 0.131. The quantitative estimate of drug-likeness (QED) is 0.861. The van der Waals surface area contributed by atoms with Crippen molar-refractivity contribution < 1.29 is 9.59 Å². The van der Waals surface area contributed by atoms with E-state index in [9.17, 15) is 9.59 Å². The Morgan fingerprint density at radius 2 is 1.90 bits per heavy atom. The van der Waals surface area contributed by atoms with Gasteiger partial charge in [0.15, 0.2) is 0 Å². The highest BCUT2D eigenvalue weighted by Crippen LogP contribution is 2.16. The largest absolute Gasteiger partial charge is 0.366 e. The predicted octanol–water partition coefficient (Wildman–Crippen LogP) is 2.22. The van der Waals surface area contributed by atoms with Crippen LogP contribution in [0.5, 0.6) is 0 Å². The zero-order valence-electron chi connectivity index (χ0n) is 11.4. The van der Waals surface area contributed by atoms with Crippen LogP contribution in [-0.2, 0) is 6.54 Å². The van der Waals surface area contributed by atoms with Crippen molar-refractivity contribution in [3.63, 3.8) is 0 Å². The Balaban J connectivity index is 2.10. The molecule has 0 aliphatic heterocycles. The van der Waals surface area contributed by atoms with Crippen molar-refractivity contribution in [1.29, 1.82) is 0 Å². The lowest BCUT2D eigenvalue weighted by Crippen LogP contribution is -2.26. The summed E-state index contributed by atoms with van der Waals surface area (Å²) in [5.41, 5.74) is 7.06. The molecule has 1 aromatic heterocycles. The number of hydrogen-bond acceptors (Lipinski definition) is 3. The smallest absolute Gasteiger partial charge is 0.256 e. The van der Waals surface area contributed by atoms with Crippen molar-refractivity contribution in [2.24, 2.45) is 5.73 Å². The van der Waals surface area contributed by atoms with Gasteiger partial charge in [-0.25, -0.2) is 4.98 Å². The molecule has 2 rings (SSSR count). The number of hydrogen-bond donors (Lipinski definition) is 1. The molecular formula is C15H14BrN3O2. The second-order valence-corrected chi connectivity index (χ2v) is 5.32. The van der Waals surface area contributed by atoms with Gasteiger partial charge in [-0.05, 0) is 45.8 Å². The van der Waals surface area contributed by atoms with Crippen molar-refractivity contribution in [2.45, 2.75) is 6.54 Å². The van der Waals surface area contributed by atoms with Crippen LogP contribution < -0.4 is 5.73 Å². The molecule has 2 amide bonds. The maximum absolute atomic E-state index is 12.3. The first-order chi connectivity index (χ1) is 9.99. The average molecular weight is 348 g/mol. The van der Waals surface area contributed by atoms with E-state index in [0.717, 1.165) is 5.56 Å². The van der Waals surface area contributed by atoms with Crippen molar-refractivity contribution >= 4 is 27.7 Å². The predicted molar refractivity (Wildman–Crippen MR) is 82.7 cm³/mol. The van der Waals surface area contributed by atoms with Gasteiger partial charge >= 0.3 is 0 Å². The summed E-state index contributed by atoms with van der Waals surface area (Å²) < 4.78 is 0.519. The molecule has 21 heavy (non-hydrogen) atoms. The second-order valence-electron chi connectivity index (χ2n) is 4.56. The van der Waals surface area contributed by atoms with Gasteiger partial charge in [0.2, 0.25) is 5.91 Å². The van der Waals surface area contributed by atoms with Crippen LogP contribution in [0.3, 0.4) is 0 Å². The maximum atomic E-state index is 12.3. The average Bonchev–Trinajstić information content (AvgIpc) is 2.47. The number of aromatic nitrogens is 1. The third kappa shape index (κ3) is 3.66. The van der Waals surface area contributed by atoms with Gasteiger partial charge in [-0.15, -0.1) is 0 Å². The van der Waals surface area contributed by atoms with Gasteiger partial charge in [0.1, 0.15) is 4.60 Å². The van der Waals surface area contributed by atoms with E-state index in [4.69, 9.17) is 5.73 Å². The highest BCUT2D eigenvalue weighted by Gasteiger charge is 2.15. The third-order valence-electron chi connectivity index (χ3n) is 2.99. The third-order valence-corrected chi connectivity index (χ3v) is 3.63. The van der Waals surface area contributed by atoms with Crippen LogP contribution in [0.4, 0.5) is 0 Å². The summed E-state index contributed by atoms with van der Waals surface area (Å²) in [6.07, 6.45) is 1.61. The molecule has 6 heteroatoms. The summed E-state index contributed by atoms with van der Waals surface area (Å²) in [5, 5.41) is 0. The fraction of sp³-hybridized carbons (Fsp3) is 0.133. The molecule has 0 unspecified atom stereocenters. The molecule has 2 aromatic rings. The molecule has 0 aliphatic carbocycles. The first-order valence-corrected chi connectivity index (χ1v) is 7.03. The number of nitrogens with zero attached hydrogens (tertiary/aromatic N) is 2. The van der Waals surface area contributed by atoms with Crippen molar-refractivity contribution in [2.75, 3.05) is 7.05 Å². The van der Waals surface area contributed by atoms with E-state index in [1.165, 1.54) is 0 Å². The van der Waals surface area contributed by atoms with Crippen LogP contribution in [-0.4, -0.2) is 28.7 Å². The summed E-state index contributed by atoms with van der Waals surface area (Å²) in [4.78, 5) is 29.0. The van der Waals surface area contributed by atoms with E-state index < -0.39 is 5.91 Å². The number of halogens is 1. The van der Waals surface area contributed by atoms with Crippen LogP contribution >= 0.6 is 15.9 Å². The molecule has 0 radical (unpaired) electrons. The van der Waals surface area contributed by atoms with Crippen LogP contribution in [0, 0.1) is 0 Å². The minimum Gasteiger partial charge on any atom is -0.366 e. The molecule has 0 spiro atoms. The summed E-state index contributed by atoms with van der Waals surface area (Å²) in [6.45, 7) is 0.430. The first-order valence-electron chi connectivity index (χ1n) is 6.24. The lowest BCUT2D eigenvalue weighted by atomic mass is 10.1. The van der Waals surface area contributed by atoms with E-state index >= 15 is 0 Å². The number of benzene rings is 1. The van der Waals surface area contributed by atoms with Crippen LogP contribution in [0.25, 0.3) is 0 Å². The van der Waals surface area contributed by atoms with E-state index in [0.29, 0.717) is 22.3 Å². The van der Waals surface area contributed by atoms with E-state index in [2.05, 4.69) is 20.9 Å². The fourth-order valence-electron chi connectivity index (χ4n) is 1.87. The Morgan fingerprint density at radius 3 is 2.48 bits per heavy atom. The van der Waals surface area contributed by atoms with E-state index in [1.807, 2.05) is 0 Å². The van der Waals surface area contributed by atoms with Gasteiger partial charge in [-0.3, -0.25) is 9.59 Å². The molecule has 5 nitrogen and oxygen atoms in total. The van der Waals surface area contributed by atoms with Crippen molar-refractivity contribution in [3.05, 3.63) is 63.9 Å². The Morgan fingerprint density at radius 1 is 1.24 bits per heavy atom.